The minimum atomic E-state index is -4.68. The van der Waals surface area contributed by atoms with Gasteiger partial charge in [-0.25, -0.2) is 0 Å². The zero-order valence-corrected chi connectivity index (χ0v) is 11.4. The maximum absolute atomic E-state index is 9.64. The van der Waals surface area contributed by atoms with Crippen LogP contribution < -0.4 is 68.9 Å². The van der Waals surface area contributed by atoms with Crippen molar-refractivity contribution in [2.45, 2.75) is 13.3 Å². The van der Waals surface area contributed by atoms with Crippen LogP contribution in [0.3, 0.4) is 0 Å². The van der Waals surface area contributed by atoms with E-state index in [9.17, 15) is 14.4 Å². The van der Waals surface area contributed by atoms with Gasteiger partial charge in [-0.2, -0.15) is 0 Å². The molecule has 0 saturated heterocycles. The third kappa shape index (κ3) is 16.6. The van der Waals surface area contributed by atoms with E-state index in [1.807, 2.05) is 0 Å². The quantitative estimate of drug-likeness (QED) is 0.323. The van der Waals surface area contributed by atoms with E-state index in [1.54, 1.807) is 6.92 Å². The summed E-state index contributed by atoms with van der Waals surface area (Å²) in [6.45, 7) is 1.71. The van der Waals surface area contributed by atoms with E-state index in [4.69, 9.17) is 0 Å². The summed E-state index contributed by atoms with van der Waals surface area (Å²) in [6.07, 6.45) is 0.536. The topological polar surface area (TPSA) is 72.4 Å². The van der Waals surface area contributed by atoms with Gasteiger partial charge in [-0.05, 0) is 6.42 Å². The normalized spacial score (nSPS) is 9.50. The van der Waals surface area contributed by atoms with Crippen LogP contribution in [0.4, 0.5) is 0 Å². The Kier molecular flexibility index (Phi) is 16.6. The monoisotopic (exact) mass is 184 g/mol. The number of phosphoric acid groups is 1. The van der Waals surface area contributed by atoms with Gasteiger partial charge in [-0.15, -0.1) is 0 Å². The molecule has 0 aromatic heterocycles. The number of hydrogen-bond donors (Lipinski definition) is 0. The zero-order chi connectivity index (χ0) is 6.62. The van der Waals surface area contributed by atoms with Crippen molar-refractivity contribution in [1.29, 1.82) is 0 Å². The Hall–Kier alpha value is 2.11. The Morgan fingerprint density at radius 3 is 1.90 bits per heavy atom. The van der Waals surface area contributed by atoms with Crippen LogP contribution in [0.15, 0.2) is 0 Å². The Bertz CT molecular complexity index is 103. The second-order valence-electron chi connectivity index (χ2n) is 1.28. The predicted octanol–water partition coefficient (Wildman–Crippen LogP) is -6.75. The molecule has 10 heavy (non-hydrogen) atoms. The third-order valence-electron chi connectivity index (χ3n) is 0.454. The first kappa shape index (κ1) is 18.0. The van der Waals surface area contributed by atoms with Gasteiger partial charge in [0.15, 0.2) is 0 Å². The molecule has 0 rings (SSSR count). The molecule has 0 spiro atoms. The molecule has 0 saturated carbocycles. The second-order valence-corrected chi connectivity index (χ2v) is 2.43. The third-order valence-corrected chi connectivity index (χ3v) is 0.952. The van der Waals surface area contributed by atoms with E-state index in [2.05, 4.69) is 4.52 Å². The Morgan fingerprint density at radius 1 is 1.40 bits per heavy atom. The molecule has 7 heteroatoms. The van der Waals surface area contributed by atoms with Crippen molar-refractivity contribution < 1.29 is 78.0 Å². The van der Waals surface area contributed by atoms with Crippen molar-refractivity contribution in [3.05, 3.63) is 0 Å². The second kappa shape index (κ2) is 9.20. The van der Waals surface area contributed by atoms with Crippen LogP contribution in [-0.2, 0) is 9.09 Å². The molecular weight excluding hydrogens is 177 g/mol. The summed E-state index contributed by atoms with van der Waals surface area (Å²) in [7, 11) is -4.68. The summed E-state index contributed by atoms with van der Waals surface area (Å²) in [6, 6.07) is 0. The average molecular weight is 184 g/mol. The van der Waals surface area contributed by atoms with Crippen LogP contribution in [0.2, 0.25) is 0 Å². The average Bonchev–Trinajstić information content (AvgIpc) is 1.59. The fraction of sp³-hybridized carbons (Fsp3) is 1.00. The fourth-order valence-corrected chi connectivity index (χ4v) is 0.609. The molecule has 0 aliphatic rings. The summed E-state index contributed by atoms with van der Waals surface area (Å²) >= 11 is 0. The molecule has 50 valence electrons. The Morgan fingerprint density at radius 2 is 1.80 bits per heavy atom. The zero-order valence-electron chi connectivity index (χ0n) is 6.49. The predicted molar refractivity (Wildman–Crippen MR) is 23.8 cm³/mol. The largest absolute Gasteiger partial charge is 1.00 e. The van der Waals surface area contributed by atoms with Crippen LogP contribution in [0.5, 0.6) is 0 Å². The molecule has 0 amide bonds. The van der Waals surface area contributed by atoms with Crippen LogP contribution in [0.1, 0.15) is 13.3 Å². The molecule has 0 fully saturated rings. The molecule has 0 atom stereocenters. The van der Waals surface area contributed by atoms with E-state index < -0.39 is 7.82 Å². The van der Waals surface area contributed by atoms with Gasteiger partial charge in [-0.3, -0.25) is 0 Å². The molecule has 0 unspecified atom stereocenters. The van der Waals surface area contributed by atoms with Crippen molar-refractivity contribution >= 4 is 7.82 Å². The molecule has 0 N–H and O–H groups in total. The van der Waals surface area contributed by atoms with E-state index >= 15 is 0 Å². The van der Waals surface area contributed by atoms with Crippen molar-refractivity contribution in [2.24, 2.45) is 0 Å². The number of rotatable bonds is 3. The van der Waals surface area contributed by atoms with E-state index in [1.165, 1.54) is 0 Å². The molecule has 0 aromatic rings. The van der Waals surface area contributed by atoms with Crippen molar-refractivity contribution in [3.63, 3.8) is 0 Å². The van der Waals surface area contributed by atoms with Gasteiger partial charge in [0, 0.05) is 0 Å². The molecule has 0 aromatic carbocycles. The van der Waals surface area contributed by atoms with E-state index in [0.29, 0.717) is 6.42 Å². The first-order valence-electron chi connectivity index (χ1n) is 2.23. The summed E-state index contributed by atoms with van der Waals surface area (Å²) in [5.74, 6) is 0. The van der Waals surface area contributed by atoms with Gasteiger partial charge < -0.3 is 18.9 Å². The molecule has 0 aliphatic heterocycles. The summed E-state index contributed by atoms with van der Waals surface area (Å²) in [5.41, 5.74) is 0. The van der Waals surface area contributed by atoms with E-state index in [0.717, 1.165) is 0 Å². The number of hydrogen-bond acceptors (Lipinski definition) is 4. The van der Waals surface area contributed by atoms with Gasteiger partial charge >= 0.3 is 59.1 Å². The number of phosphoric ester groups is 1. The van der Waals surface area contributed by atoms with Crippen LogP contribution in [-0.4, -0.2) is 6.61 Å². The van der Waals surface area contributed by atoms with Crippen LogP contribution in [0, 0.1) is 0 Å². The molecule has 0 aliphatic carbocycles. The van der Waals surface area contributed by atoms with Gasteiger partial charge in [0.25, 0.3) is 0 Å². The van der Waals surface area contributed by atoms with Crippen LogP contribution >= 0.6 is 7.82 Å². The first-order chi connectivity index (χ1) is 3.56. The molecule has 0 radical (unpaired) electrons. The van der Waals surface area contributed by atoms with E-state index in [-0.39, 0.29) is 65.7 Å². The van der Waals surface area contributed by atoms with Gasteiger partial charge in [0.1, 0.15) is 0 Å². The van der Waals surface area contributed by atoms with Gasteiger partial charge in [0.2, 0.25) is 0 Å². The van der Waals surface area contributed by atoms with Gasteiger partial charge in [-0.1, -0.05) is 6.92 Å². The first-order valence-corrected chi connectivity index (χ1v) is 3.69. The maximum atomic E-state index is 9.64. The fourth-order valence-electron chi connectivity index (χ4n) is 0.203. The van der Waals surface area contributed by atoms with Gasteiger partial charge in [0.05, 0.1) is 14.4 Å². The molecule has 4 nitrogen and oxygen atoms in total. The summed E-state index contributed by atoms with van der Waals surface area (Å²) < 4.78 is 13.5. The molecular formula is C3H7Na2O4P. The van der Waals surface area contributed by atoms with Crippen molar-refractivity contribution in [1.82, 2.24) is 0 Å². The van der Waals surface area contributed by atoms with Crippen molar-refractivity contribution in [2.75, 3.05) is 6.61 Å². The molecule has 0 heterocycles. The summed E-state index contributed by atoms with van der Waals surface area (Å²) in [4.78, 5) is 19.3. The van der Waals surface area contributed by atoms with Crippen molar-refractivity contribution in [3.8, 4) is 0 Å². The summed E-state index contributed by atoms with van der Waals surface area (Å²) in [5, 5.41) is 0. The minimum Gasteiger partial charge on any atom is -0.790 e. The Labute approximate surface area is 105 Å². The van der Waals surface area contributed by atoms with Crippen LogP contribution in [0.25, 0.3) is 0 Å². The Balaban J connectivity index is -0.000000245. The SMILES string of the molecule is CCCOP(=O)([O-])[O-].[Na+].[Na+]. The standard InChI is InChI=1S/C3H9O4P.2Na/c1-2-3-7-8(4,5)6;;/h2-3H2,1H3,(H2,4,5,6);;/q;2*+1/p-2. The smallest absolute Gasteiger partial charge is 0.790 e. The molecule has 0 bridgehead atoms. The minimum absolute atomic E-state index is 0. The maximum Gasteiger partial charge on any atom is 1.00 e.